The molecule has 1 aliphatic rings. The van der Waals surface area contributed by atoms with Crippen LogP contribution in [0.2, 0.25) is 0 Å². The summed E-state index contributed by atoms with van der Waals surface area (Å²) < 4.78 is 0. The highest BCUT2D eigenvalue weighted by Gasteiger charge is 2.20. The van der Waals surface area contributed by atoms with Gasteiger partial charge in [-0.3, -0.25) is 4.90 Å². The van der Waals surface area contributed by atoms with Crippen molar-refractivity contribution >= 4 is 11.9 Å². The van der Waals surface area contributed by atoms with Crippen LogP contribution in [0.5, 0.6) is 0 Å². The lowest BCUT2D eigenvalue weighted by Crippen LogP contribution is -2.28. The Morgan fingerprint density at radius 1 is 1.11 bits per heavy atom. The molecule has 1 fully saturated rings. The van der Waals surface area contributed by atoms with Crippen molar-refractivity contribution in [3.8, 4) is 0 Å². The van der Waals surface area contributed by atoms with Gasteiger partial charge in [0.2, 0.25) is 11.9 Å². The number of anilines is 2. The van der Waals surface area contributed by atoms with Gasteiger partial charge in [0.15, 0.2) is 0 Å². The minimum Gasteiger partial charge on any atom is -0.368 e. The standard InChI is InChI=1S/C12H22N6/c1-8-3-4-18(6-9(2)5-8)7-10-15-11(13)17-12(14)16-10/h8-9H,3-7H2,1-2H3,(H4,13,14,15,16,17)/t8-,9+/m1/s1. The quantitative estimate of drug-likeness (QED) is 0.810. The zero-order valence-corrected chi connectivity index (χ0v) is 11.1. The Bertz CT molecular complexity index is 387. The number of nitrogens with two attached hydrogens (primary N) is 2. The molecule has 1 saturated heterocycles. The van der Waals surface area contributed by atoms with Crippen LogP contribution in [0, 0.1) is 11.8 Å². The lowest BCUT2D eigenvalue weighted by molar-refractivity contribution is 0.242. The number of rotatable bonds is 2. The summed E-state index contributed by atoms with van der Waals surface area (Å²) in [6.07, 6.45) is 2.51. The molecule has 2 heterocycles. The van der Waals surface area contributed by atoms with Crippen molar-refractivity contribution in [1.29, 1.82) is 0 Å². The third kappa shape index (κ3) is 3.53. The highest BCUT2D eigenvalue weighted by atomic mass is 15.2. The molecule has 6 heteroatoms. The van der Waals surface area contributed by atoms with Crippen LogP contribution in [-0.4, -0.2) is 32.9 Å². The van der Waals surface area contributed by atoms with Gasteiger partial charge in [-0.25, -0.2) is 0 Å². The van der Waals surface area contributed by atoms with E-state index in [-0.39, 0.29) is 11.9 Å². The Balaban J connectivity index is 2.03. The lowest BCUT2D eigenvalue weighted by Gasteiger charge is -2.21. The zero-order chi connectivity index (χ0) is 13.1. The van der Waals surface area contributed by atoms with E-state index in [1.807, 2.05) is 0 Å². The first-order valence-corrected chi connectivity index (χ1v) is 6.51. The van der Waals surface area contributed by atoms with Gasteiger partial charge in [-0.15, -0.1) is 0 Å². The largest absolute Gasteiger partial charge is 0.368 e. The SMILES string of the molecule is C[C@@H]1CCN(Cc2nc(N)nc(N)n2)C[C@@H](C)C1. The predicted octanol–water partition coefficient (Wildman–Crippen LogP) is 0.904. The van der Waals surface area contributed by atoms with Crippen molar-refractivity contribution in [2.24, 2.45) is 11.8 Å². The second kappa shape index (κ2) is 5.48. The van der Waals surface area contributed by atoms with Gasteiger partial charge in [-0.2, -0.15) is 15.0 Å². The minimum absolute atomic E-state index is 0.203. The van der Waals surface area contributed by atoms with Crippen molar-refractivity contribution in [3.05, 3.63) is 5.82 Å². The maximum Gasteiger partial charge on any atom is 0.225 e. The van der Waals surface area contributed by atoms with Crippen molar-refractivity contribution in [2.75, 3.05) is 24.6 Å². The molecule has 0 aromatic carbocycles. The number of hydrogen-bond acceptors (Lipinski definition) is 6. The highest BCUT2D eigenvalue weighted by molar-refractivity contribution is 5.25. The monoisotopic (exact) mass is 250 g/mol. The Kier molecular flexibility index (Phi) is 3.96. The fourth-order valence-corrected chi connectivity index (χ4v) is 2.69. The van der Waals surface area contributed by atoms with Gasteiger partial charge in [-0.05, 0) is 31.2 Å². The summed E-state index contributed by atoms with van der Waals surface area (Å²) in [7, 11) is 0. The molecular weight excluding hydrogens is 228 g/mol. The maximum absolute atomic E-state index is 5.58. The van der Waals surface area contributed by atoms with Crippen molar-refractivity contribution in [2.45, 2.75) is 33.2 Å². The fourth-order valence-electron chi connectivity index (χ4n) is 2.69. The molecule has 2 rings (SSSR count). The molecule has 1 aromatic heterocycles. The molecule has 0 radical (unpaired) electrons. The third-order valence-electron chi connectivity index (χ3n) is 3.39. The van der Waals surface area contributed by atoms with Crippen LogP contribution in [0.1, 0.15) is 32.5 Å². The van der Waals surface area contributed by atoms with Crippen LogP contribution in [-0.2, 0) is 6.54 Å². The molecule has 4 N–H and O–H groups in total. The topological polar surface area (TPSA) is 94.0 Å². The van der Waals surface area contributed by atoms with E-state index in [9.17, 15) is 0 Å². The van der Waals surface area contributed by atoms with Gasteiger partial charge in [0.1, 0.15) is 5.82 Å². The van der Waals surface area contributed by atoms with Gasteiger partial charge in [-0.1, -0.05) is 13.8 Å². The third-order valence-corrected chi connectivity index (χ3v) is 3.39. The molecule has 0 spiro atoms. The van der Waals surface area contributed by atoms with E-state index in [2.05, 4.69) is 33.7 Å². The Morgan fingerprint density at radius 3 is 2.44 bits per heavy atom. The molecule has 0 bridgehead atoms. The number of aromatic nitrogens is 3. The van der Waals surface area contributed by atoms with Crippen LogP contribution in [0.15, 0.2) is 0 Å². The van der Waals surface area contributed by atoms with Crippen molar-refractivity contribution in [3.63, 3.8) is 0 Å². The van der Waals surface area contributed by atoms with E-state index in [0.717, 1.165) is 19.0 Å². The first kappa shape index (κ1) is 13.0. The van der Waals surface area contributed by atoms with Gasteiger partial charge in [0.05, 0.1) is 6.54 Å². The predicted molar refractivity (Wildman–Crippen MR) is 71.5 cm³/mol. The maximum atomic E-state index is 5.58. The van der Waals surface area contributed by atoms with Crippen molar-refractivity contribution < 1.29 is 0 Å². The van der Waals surface area contributed by atoms with Crippen LogP contribution >= 0.6 is 0 Å². The van der Waals surface area contributed by atoms with Crippen LogP contribution in [0.4, 0.5) is 11.9 Å². The summed E-state index contributed by atoms with van der Waals surface area (Å²) >= 11 is 0. The number of hydrogen-bond donors (Lipinski definition) is 2. The molecule has 0 aliphatic carbocycles. The van der Waals surface area contributed by atoms with E-state index >= 15 is 0 Å². The molecule has 6 nitrogen and oxygen atoms in total. The minimum atomic E-state index is 0.203. The highest BCUT2D eigenvalue weighted by Crippen LogP contribution is 2.22. The Hall–Kier alpha value is -1.43. The van der Waals surface area contributed by atoms with Crippen molar-refractivity contribution in [1.82, 2.24) is 19.9 Å². The molecular formula is C12H22N6. The van der Waals surface area contributed by atoms with E-state index < -0.39 is 0 Å². The normalized spacial score (nSPS) is 25.9. The first-order valence-electron chi connectivity index (χ1n) is 6.51. The Labute approximate surface area is 108 Å². The summed E-state index contributed by atoms with van der Waals surface area (Å²) in [6, 6.07) is 0. The average Bonchev–Trinajstić information content (AvgIpc) is 2.38. The molecule has 100 valence electrons. The number of likely N-dealkylation sites (tertiary alicyclic amines) is 1. The number of nitrogens with zero attached hydrogens (tertiary/aromatic N) is 4. The Morgan fingerprint density at radius 2 is 1.78 bits per heavy atom. The van der Waals surface area contributed by atoms with Crippen LogP contribution < -0.4 is 11.5 Å². The molecule has 2 atom stereocenters. The fraction of sp³-hybridized carbons (Fsp3) is 0.750. The van der Waals surface area contributed by atoms with E-state index in [0.29, 0.717) is 18.3 Å². The summed E-state index contributed by atoms with van der Waals surface area (Å²) in [6.45, 7) is 7.48. The second-order valence-electron chi connectivity index (χ2n) is 5.44. The lowest BCUT2D eigenvalue weighted by atomic mass is 9.97. The average molecular weight is 250 g/mol. The zero-order valence-electron chi connectivity index (χ0n) is 11.1. The second-order valence-corrected chi connectivity index (χ2v) is 5.44. The molecule has 1 aromatic rings. The van der Waals surface area contributed by atoms with E-state index in [1.54, 1.807) is 0 Å². The summed E-state index contributed by atoms with van der Waals surface area (Å²) in [4.78, 5) is 14.4. The van der Waals surface area contributed by atoms with Gasteiger partial charge < -0.3 is 11.5 Å². The first-order chi connectivity index (χ1) is 8.52. The molecule has 1 aliphatic heterocycles. The molecule has 18 heavy (non-hydrogen) atoms. The van der Waals surface area contributed by atoms with E-state index in [4.69, 9.17) is 11.5 Å². The number of nitrogen functional groups attached to an aromatic ring is 2. The van der Waals surface area contributed by atoms with Gasteiger partial charge >= 0.3 is 0 Å². The van der Waals surface area contributed by atoms with Gasteiger partial charge in [0.25, 0.3) is 0 Å². The van der Waals surface area contributed by atoms with E-state index in [1.165, 1.54) is 12.8 Å². The van der Waals surface area contributed by atoms with Crippen LogP contribution in [0.3, 0.4) is 0 Å². The molecule has 0 saturated carbocycles. The summed E-state index contributed by atoms with van der Waals surface area (Å²) in [5, 5.41) is 0. The molecule has 0 unspecified atom stereocenters. The summed E-state index contributed by atoms with van der Waals surface area (Å²) in [5.74, 6) is 2.57. The summed E-state index contributed by atoms with van der Waals surface area (Å²) in [5.41, 5.74) is 11.2. The van der Waals surface area contributed by atoms with Gasteiger partial charge in [0, 0.05) is 6.54 Å². The molecule has 0 amide bonds. The smallest absolute Gasteiger partial charge is 0.225 e. The van der Waals surface area contributed by atoms with Crippen LogP contribution in [0.25, 0.3) is 0 Å².